The second kappa shape index (κ2) is 5.74. The Bertz CT molecular complexity index is 575. The molecule has 0 amide bonds. The Labute approximate surface area is 135 Å². The van der Waals surface area contributed by atoms with Crippen LogP contribution >= 0.6 is 35.3 Å². The van der Waals surface area contributed by atoms with Crippen molar-refractivity contribution in [3.8, 4) is 0 Å². The normalized spacial score (nSPS) is 27.1. The SMILES string of the molecule is Cc1cc(S(=O)(=O)N2CCC3(CCNC3)C2)sc1Cl.Cl. The molecule has 1 unspecified atom stereocenters. The predicted octanol–water partition coefficient (Wildman–Crippen LogP) is 2.51. The van der Waals surface area contributed by atoms with E-state index in [0.29, 0.717) is 21.6 Å². The Balaban J connectivity index is 0.00000147. The fourth-order valence-electron chi connectivity index (χ4n) is 2.93. The Morgan fingerprint density at radius 2 is 2.20 bits per heavy atom. The molecule has 1 aromatic heterocycles. The summed E-state index contributed by atoms with van der Waals surface area (Å²) in [7, 11) is -3.36. The van der Waals surface area contributed by atoms with Crippen LogP contribution in [-0.2, 0) is 10.0 Å². The van der Waals surface area contributed by atoms with E-state index >= 15 is 0 Å². The number of thiophene rings is 1. The van der Waals surface area contributed by atoms with Gasteiger partial charge in [0.1, 0.15) is 4.21 Å². The molecule has 0 aromatic carbocycles. The minimum atomic E-state index is -3.36. The van der Waals surface area contributed by atoms with Gasteiger partial charge in [0.2, 0.25) is 0 Å². The smallest absolute Gasteiger partial charge is 0.252 e. The maximum Gasteiger partial charge on any atom is 0.252 e. The number of nitrogens with one attached hydrogen (secondary N) is 1. The van der Waals surface area contributed by atoms with Gasteiger partial charge in [-0.15, -0.1) is 23.7 Å². The van der Waals surface area contributed by atoms with E-state index < -0.39 is 10.0 Å². The van der Waals surface area contributed by atoms with E-state index in [1.807, 2.05) is 6.92 Å². The first kappa shape index (κ1) is 16.5. The van der Waals surface area contributed by atoms with E-state index in [4.69, 9.17) is 11.6 Å². The lowest BCUT2D eigenvalue weighted by molar-refractivity contribution is 0.338. The molecule has 8 heteroatoms. The summed E-state index contributed by atoms with van der Waals surface area (Å²) in [5.74, 6) is 0. The van der Waals surface area contributed by atoms with Crippen LogP contribution < -0.4 is 5.32 Å². The van der Waals surface area contributed by atoms with Crippen molar-refractivity contribution < 1.29 is 8.42 Å². The molecule has 0 bridgehead atoms. The lowest BCUT2D eigenvalue weighted by Gasteiger charge is -2.22. The van der Waals surface area contributed by atoms with Crippen molar-refractivity contribution in [3.05, 3.63) is 16.0 Å². The zero-order chi connectivity index (χ0) is 13.7. The van der Waals surface area contributed by atoms with Crippen LogP contribution in [0.25, 0.3) is 0 Å². The predicted molar refractivity (Wildman–Crippen MR) is 84.6 cm³/mol. The maximum absolute atomic E-state index is 12.6. The summed E-state index contributed by atoms with van der Waals surface area (Å²) in [5, 5.41) is 3.34. The minimum absolute atomic E-state index is 0. The molecule has 1 atom stereocenters. The van der Waals surface area contributed by atoms with Gasteiger partial charge in [0, 0.05) is 19.6 Å². The van der Waals surface area contributed by atoms with Gasteiger partial charge in [0.15, 0.2) is 0 Å². The summed E-state index contributed by atoms with van der Waals surface area (Å²) in [6.07, 6.45) is 2.03. The van der Waals surface area contributed by atoms with Crippen molar-refractivity contribution >= 4 is 45.4 Å². The fourth-order valence-corrected chi connectivity index (χ4v) is 6.35. The topological polar surface area (TPSA) is 49.4 Å². The zero-order valence-corrected chi connectivity index (χ0v) is 14.4. The van der Waals surface area contributed by atoms with E-state index in [-0.39, 0.29) is 17.8 Å². The molecule has 114 valence electrons. The molecule has 1 spiro atoms. The Morgan fingerprint density at radius 3 is 2.75 bits per heavy atom. The molecule has 3 rings (SSSR count). The van der Waals surface area contributed by atoms with Crippen LogP contribution in [0, 0.1) is 12.3 Å². The minimum Gasteiger partial charge on any atom is -0.316 e. The Kier molecular flexibility index (Phi) is 4.74. The highest BCUT2D eigenvalue weighted by Gasteiger charge is 2.44. The van der Waals surface area contributed by atoms with Crippen LogP contribution in [0.2, 0.25) is 4.34 Å². The highest BCUT2D eigenvalue weighted by atomic mass is 35.5. The summed E-state index contributed by atoms with van der Waals surface area (Å²) in [5.41, 5.74) is 0.991. The molecule has 3 heterocycles. The molecule has 0 aliphatic carbocycles. The van der Waals surface area contributed by atoms with Gasteiger partial charge in [0.05, 0.1) is 4.34 Å². The van der Waals surface area contributed by atoms with Gasteiger partial charge in [-0.25, -0.2) is 8.42 Å². The van der Waals surface area contributed by atoms with Gasteiger partial charge in [0.25, 0.3) is 10.0 Å². The third-order valence-corrected chi connectivity index (χ3v) is 8.01. The molecule has 2 aliphatic heterocycles. The molecular weight excluding hydrogens is 339 g/mol. The van der Waals surface area contributed by atoms with Crippen molar-refractivity contribution in [2.24, 2.45) is 5.41 Å². The van der Waals surface area contributed by atoms with E-state index in [1.54, 1.807) is 10.4 Å². The highest BCUT2D eigenvalue weighted by Crippen LogP contribution is 2.40. The lowest BCUT2D eigenvalue weighted by atomic mass is 9.87. The Morgan fingerprint density at radius 1 is 1.45 bits per heavy atom. The number of sulfonamides is 1. The lowest BCUT2D eigenvalue weighted by Crippen LogP contribution is -2.33. The van der Waals surface area contributed by atoms with Crippen LogP contribution in [0.5, 0.6) is 0 Å². The van der Waals surface area contributed by atoms with Crippen LogP contribution in [0.4, 0.5) is 0 Å². The zero-order valence-electron chi connectivity index (χ0n) is 11.2. The summed E-state index contributed by atoms with van der Waals surface area (Å²) in [4.78, 5) is 0. The molecular formula is C12H18Cl2N2O2S2. The van der Waals surface area contributed by atoms with Crippen LogP contribution in [0.3, 0.4) is 0 Å². The van der Waals surface area contributed by atoms with Crippen molar-refractivity contribution in [1.82, 2.24) is 9.62 Å². The molecule has 20 heavy (non-hydrogen) atoms. The first-order valence-corrected chi connectivity index (χ1v) is 9.03. The molecule has 0 radical (unpaired) electrons. The average Bonchev–Trinajstić information content (AvgIpc) is 3.05. The number of nitrogens with zero attached hydrogens (tertiary/aromatic N) is 1. The average molecular weight is 357 g/mol. The number of hydrogen-bond acceptors (Lipinski definition) is 4. The van der Waals surface area contributed by atoms with Gasteiger partial charge < -0.3 is 5.32 Å². The second-order valence-corrected chi connectivity index (χ2v) is 9.36. The van der Waals surface area contributed by atoms with Crippen molar-refractivity contribution in [1.29, 1.82) is 0 Å². The highest BCUT2D eigenvalue weighted by molar-refractivity contribution is 7.91. The fraction of sp³-hybridized carbons (Fsp3) is 0.667. The summed E-state index contributed by atoms with van der Waals surface area (Å²) < 4.78 is 27.8. The number of aryl methyl sites for hydroxylation is 1. The largest absolute Gasteiger partial charge is 0.316 e. The molecule has 1 N–H and O–H groups in total. The number of halogens is 2. The van der Waals surface area contributed by atoms with Crippen LogP contribution in [0.15, 0.2) is 10.3 Å². The summed E-state index contributed by atoms with van der Waals surface area (Å²) in [6, 6.07) is 1.68. The van der Waals surface area contributed by atoms with E-state index in [1.165, 1.54) is 0 Å². The molecule has 2 fully saturated rings. The molecule has 4 nitrogen and oxygen atoms in total. The van der Waals surface area contributed by atoms with E-state index in [0.717, 1.165) is 42.8 Å². The quantitative estimate of drug-likeness (QED) is 0.885. The molecule has 2 aliphatic rings. The standard InChI is InChI=1S/C12H17ClN2O2S2.ClH/c1-9-6-10(18-11(9)13)19(16,17)15-5-3-12(8-15)2-4-14-7-12;/h6,14H,2-5,7-8H2,1H3;1H. The van der Waals surface area contributed by atoms with Gasteiger partial charge in [-0.1, -0.05) is 11.6 Å². The first-order valence-electron chi connectivity index (χ1n) is 6.40. The molecule has 2 saturated heterocycles. The molecule has 0 saturated carbocycles. The summed E-state index contributed by atoms with van der Waals surface area (Å²) >= 11 is 7.15. The summed E-state index contributed by atoms with van der Waals surface area (Å²) in [6.45, 7) is 5.03. The van der Waals surface area contributed by atoms with E-state index in [9.17, 15) is 8.42 Å². The number of rotatable bonds is 2. The van der Waals surface area contributed by atoms with Crippen molar-refractivity contribution in [2.45, 2.75) is 24.0 Å². The third-order valence-electron chi connectivity index (χ3n) is 4.16. The monoisotopic (exact) mass is 356 g/mol. The van der Waals surface area contributed by atoms with E-state index in [2.05, 4.69) is 5.32 Å². The van der Waals surface area contributed by atoms with Crippen molar-refractivity contribution in [2.75, 3.05) is 26.2 Å². The van der Waals surface area contributed by atoms with Gasteiger partial charge in [-0.2, -0.15) is 4.31 Å². The second-order valence-electron chi connectivity index (χ2n) is 5.54. The van der Waals surface area contributed by atoms with Gasteiger partial charge in [-0.3, -0.25) is 0 Å². The molecule has 1 aromatic rings. The van der Waals surface area contributed by atoms with Crippen LogP contribution in [0.1, 0.15) is 18.4 Å². The van der Waals surface area contributed by atoms with Gasteiger partial charge >= 0.3 is 0 Å². The van der Waals surface area contributed by atoms with Gasteiger partial charge in [-0.05, 0) is 43.4 Å². The first-order chi connectivity index (χ1) is 8.93. The maximum atomic E-state index is 12.6. The Hall–Kier alpha value is 0.150. The van der Waals surface area contributed by atoms with Crippen molar-refractivity contribution in [3.63, 3.8) is 0 Å². The van der Waals surface area contributed by atoms with Crippen LogP contribution in [-0.4, -0.2) is 38.9 Å². The number of hydrogen-bond donors (Lipinski definition) is 1. The third kappa shape index (κ3) is 2.74.